The van der Waals surface area contributed by atoms with Crippen molar-refractivity contribution in [2.45, 2.75) is 45.2 Å². The molecule has 1 aliphatic rings. The number of nitrogens with one attached hydrogen (secondary N) is 1. The number of hydrogen-bond donors (Lipinski definition) is 2. The lowest BCUT2D eigenvalue weighted by Crippen LogP contribution is -2.56. The molecular formula is C22H29BrN4O4S. The highest BCUT2D eigenvalue weighted by atomic mass is 79.9. The van der Waals surface area contributed by atoms with E-state index in [-0.39, 0.29) is 18.4 Å². The number of carbonyl (C=O) groups excluding carboxylic acids is 1. The number of amides is 1. The van der Waals surface area contributed by atoms with E-state index in [1.165, 1.54) is 14.2 Å². The second-order valence-corrected chi connectivity index (χ2v) is 11.1. The van der Waals surface area contributed by atoms with Crippen LogP contribution in [-0.2, 0) is 21.5 Å². The highest BCUT2D eigenvalue weighted by Gasteiger charge is 2.41. The molecule has 174 valence electrons. The summed E-state index contributed by atoms with van der Waals surface area (Å²) >= 11 is 3.44. The van der Waals surface area contributed by atoms with E-state index in [1.807, 2.05) is 12.1 Å². The van der Waals surface area contributed by atoms with Crippen molar-refractivity contribution in [2.75, 3.05) is 13.1 Å². The smallest absolute Gasteiger partial charge is 0.283 e. The maximum absolute atomic E-state index is 13.7. The summed E-state index contributed by atoms with van der Waals surface area (Å²) in [7, 11) is -3.97. The van der Waals surface area contributed by atoms with Gasteiger partial charge in [-0.1, -0.05) is 48.0 Å². The van der Waals surface area contributed by atoms with Crippen molar-refractivity contribution in [3.63, 3.8) is 0 Å². The first-order chi connectivity index (χ1) is 15.2. The second-order valence-electron chi connectivity index (χ2n) is 8.30. The van der Waals surface area contributed by atoms with Gasteiger partial charge in [-0.3, -0.25) is 15.0 Å². The first kappa shape index (κ1) is 24.8. The van der Waals surface area contributed by atoms with Gasteiger partial charge in [-0.25, -0.2) is 5.48 Å². The first-order valence-electron chi connectivity index (χ1n) is 10.6. The summed E-state index contributed by atoms with van der Waals surface area (Å²) < 4.78 is 31.0. The van der Waals surface area contributed by atoms with Crippen molar-refractivity contribution in [3.05, 3.63) is 64.4 Å². The normalized spacial score (nSPS) is 16.9. The molecule has 32 heavy (non-hydrogen) atoms. The molecule has 10 heteroatoms. The summed E-state index contributed by atoms with van der Waals surface area (Å²) in [6.07, 6.45) is 4.58. The summed E-state index contributed by atoms with van der Waals surface area (Å²) in [5.41, 5.74) is 3.49. The van der Waals surface area contributed by atoms with Gasteiger partial charge in [0.2, 0.25) is 0 Å². The van der Waals surface area contributed by atoms with Crippen LogP contribution >= 0.6 is 15.9 Å². The molecule has 0 spiro atoms. The van der Waals surface area contributed by atoms with Crippen LogP contribution in [0.1, 0.15) is 43.7 Å². The zero-order valence-corrected chi connectivity index (χ0v) is 20.6. The standard InChI is InChI=1S/C22H29BrN4O4S/c1-16(2)21(22(28)25-29)27(15-17-4-3-11-24-14-17)32(30,31)26-12-9-19(10-13-26)18-5-7-20(23)8-6-18/h3-8,11,14,16,19,21,29H,9-10,12-13,15H2,1-2H3,(H,25,28). The molecule has 0 saturated carbocycles. The molecule has 0 aliphatic carbocycles. The third-order valence-corrected chi connectivity index (χ3v) is 8.30. The van der Waals surface area contributed by atoms with Crippen LogP contribution in [0.3, 0.4) is 0 Å². The number of halogens is 1. The zero-order chi connectivity index (χ0) is 23.3. The Morgan fingerprint density at radius 1 is 1.25 bits per heavy atom. The molecule has 2 heterocycles. The molecule has 2 aromatic rings. The first-order valence-corrected chi connectivity index (χ1v) is 12.8. The van der Waals surface area contributed by atoms with Crippen LogP contribution in [0.15, 0.2) is 53.3 Å². The van der Waals surface area contributed by atoms with Crippen molar-refractivity contribution in [1.82, 2.24) is 19.1 Å². The van der Waals surface area contributed by atoms with E-state index in [1.54, 1.807) is 43.9 Å². The summed E-state index contributed by atoms with van der Waals surface area (Å²) in [4.78, 5) is 16.5. The molecule has 3 rings (SSSR count). The number of hydrogen-bond acceptors (Lipinski definition) is 5. The summed E-state index contributed by atoms with van der Waals surface area (Å²) in [6.45, 7) is 4.21. The number of nitrogens with zero attached hydrogens (tertiary/aromatic N) is 3. The molecule has 0 radical (unpaired) electrons. The topological polar surface area (TPSA) is 103 Å². The Kier molecular flexibility index (Phi) is 8.40. The Morgan fingerprint density at radius 2 is 1.91 bits per heavy atom. The predicted octanol–water partition coefficient (Wildman–Crippen LogP) is 3.30. The minimum Gasteiger partial charge on any atom is -0.289 e. The van der Waals surface area contributed by atoms with Gasteiger partial charge in [-0.15, -0.1) is 0 Å². The Morgan fingerprint density at radius 3 is 2.44 bits per heavy atom. The summed E-state index contributed by atoms with van der Waals surface area (Å²) in [5, 5.41) is 9.28. The molecule has 1 amide bonds. The highest BCUT2D eigenvalue weighted by Crippen LogP contribution is 2.32. The van der Waals surface area contributed by atoms with Crippen molar-refractivity contribution < 1.29 is 18.4 Å². The summed E-state index contributed by atoms with van der Waals surface area (Å²) in [5.74, 6) is -0.825. The van der Waals surface area contributed by atoms with Crippen LogP contribution < -0.4 is 5.48 Å². The minimum absolute atomic E-state index is 0.0148. The van der Waals surface area contributed by atoms with E-state index < -0.39 is 22.2 Å². The lowest BCUT2D eigenvalue weighted by molar-refractivity contribution is -0.134. The molecule has 1 saturated heterocycles. The molecule has 1 aromatic heterocycles. The van der Waals surface area contributed by atoms with E-state index in [2.05, 4.69) is 33.0 Å². The molecule has 0 bridgehead atoms. The van der Waals surface area contributed by atoms with Crippen LogP contribution in [0.5, 0.6) is 0 Å². The predicted molar refractivity (Wildman–Crippen MR) is 125 cm³/mol. The van der Waals surface area contributed by atoms with Crippen LogP contribution in [0, 0.1) is 5.92 Å². The van der Waals surface area contributed by atoms with Crippen molar-refractivity contribution in [3.8, 4) is 0 Å². The zero-order valence-electron chi connectivity index (χ0n) is 18.2. The molecule has 2 N–H and O–H groups in total. The fraction of sp³-hybridized carbons (Fsp3) is 0.455. The van der Waals surface area contributed by atoms with Crippen LogP contribution in [0.2, 0.25) is 0 Å². The average Bonchev–Trinajstić information content (AvgIpc) is 2.79. The Bertz CT molecular complexity index is 994. The van der Waals surface area contributed by atoms with Gasteiger partial charge in [-0.05, 0) is 54.0 Å². The van der Waals surface area contributed by atoms with Crippen molar-refractivity contribution in [2.24, 2.45) is 5.92 Å². The fourth-order valence-electron chi connectivity index (χ4n) is 4.13. The number of piperidine rings is 1. The van der Waals surface area contributed by atoms with Crippen LogP contribution in [0.25, 0.3) is 0 Å². The van der Waals surface area contributed by atoms with Crippen LogP contribution in [-0.4, -0.2) is 52.3 Å². The fourth-order valence-corrected chi connectivity index (χ4v) is 6.30. The van der Waals surface area contributed by atoms with Crippen molar-refractivity contribution >= 4 is 32.0 Å². The maximum atomic E-state index is 13.7. The van der Waals surface area contributed by atoms with Gasteiger partial charge >= 0.3 is 0 Å². The lowest BCUT2D eigenvalue weighted by Gasteiger charge is -2.38. The van der Waals surface area contributed by atoms with Gasteiger partial charge in [-0.2, -0.15) is 17.0 Å². The second kappa shape index (κ2) is 10.8. The molecule has 1 aliphatic heterocycles. The highest BCUT2D eigenvalue weighted by molar-refractivity contribution is 9.10. The molecular weight excluding hydrogens is 496 g/mol. The molecule has 1 unspecified atom stereocenters. The van der Waals surface area contributed by atoms with Crippen molar-refractivity contribution in [1.29, 1.82) is 0 Å². The lowest BCUT2D eigenvalue weighted by atomic mass is 9.90. The van der Waals surface area contributed by atoms with Gasteiger partial charge in [0.05, 0.1) is 0 Å². The van der Waals surface area contributed by atoms with E-state index in [0.717, 1.165) is 4.47 Å². The molecule has 8 nitrogen and oxygen atoms in total. The third-order valence-electron chi connectivity index (χ3n) is 5.80. The number of hydroxylamine groups is 1. The molecule has 1 atom stereocenters. The summed E-state index contributed by atoms with van der Waals surface area (Å²) in [6, 6.07) is 10.5. The van der Waals surface area contributed by atoms with E-state index >= 15 is 0 Å². The molecule has 1 fully saturated rings. The largest absolute Gasteiger partial charge is 0.289 e. The number of carbonyl (C=O) groups is 1. The van der Waals surface area contributed by atoms with Gasteiger partial charge in [0.1, 0.15) is 6.04 Å². The van der Waals surface area contributed by atoms with Gasteiger partial charge in [0, 0.05) is 36.5 Å². The average molecular weight is 525 g/mol. The number of pyridine rings is 1. The monoisotopic (exact) mass is 524 g/mol. The van der Waals surface area contributed by atoms with E-state index in [0.29, 0.717) is 31.5 Å². The van der Waals surface area contributed by atoms with Crippen LogP contribution in [0.4, 0.5) is 0 Å². The Balaban J connectivity index is 1.84. The van der Waals surface area contributed by atoms with Gasteiger partial charge < -0.3 is 0 Å². The minimum atomic E-state index is -3.97. The molecule has 1 aromatic carbocycles. The number of aromatic nitrogens is 1. The van der Waals surface area contributed by atoms with Gasteiger partial charge in [0.15, 0.2) is 0 Å². The maximum Gasteiger partial charge on any atom is 0.283 e. The number of rotatable bonds is 8. The van der Waals surface area contributed by atoms with Gasteiger partial charge in [0.25, 0.3) is 16.1 Å². The van der Waals surface area contributed by atoms with E-state index in [9.17, 15) is 18.4 Å². The Hall–Kier alpha value is -1.85. The quantitative estimate of drug-likeness (QED) is 0.407. The van der Waals surface area contributed by atoms with E-state index in [4.69, 9.17) is 0 Å². The number of benzene rings is 1. The third kappa shape index (κ3) is 5.74. The SMILES string of the molecule is CC(C)C(C(=O)NO)N(Cc1cccnc1)S(=O)(=O)N1CCC(c2ccc(Br)cc2)CC1. The Labute approximate surface area is 197 Å².